The van der Waals surface area contributed by atoms with Crippen LogP contribution in [0.3, 0.4) is 0 Å². The van der Waals surface area contributed by atoms with Gasteiger partial charge in [0.2, 0.25) is 0 Å². The van der Waals surface area contributed by atoms with Crippen LogP contribution in [-0.2, 0) is 6.54 Å². The van der Waals surface area contributed by atoms with Crippen molar-refractivity contribution in [3.05, 3.63) is 35.4 Å². The third-order valence-corrected chi connectivity index (χ3v) is 3.81. The van der Waals surface area contributed by atoms with Gasteiger partial charge < -0.3 is 10.4 Å². The first-order valence-electron chi connectivity index (χ1n) is 6.91. The molecule has 1 fully saturated rings. The van der Waals surface area contributed by atoms with Crippen LogP contribution < -0.4 is 5.32 Å². The van der Waals surface area contributed by atoms with Crippen molar-refractivity contribution < 1.29 is 13.9 Å². The van der Waals surface area contributed by atoms with Crippen LogP contribution in [0.15, 0.2) is 24.3 Å². The maximum atomic E-state index is 12.4. The van der Waals surface area contributed by atoms with Crippen LogP contribution in [0.1, 0.15) is 43.2 Å². The third kappa shape index (κ3) is 4.55. The van der Waals surface area contributed by atoms with E-state index in [1.165, 1.54) is 12.1 Å². The van der Waals surface area contributed by atoms with Crippen molar-refractivity contribution in [1.29, 1.82) is 0 Å². The SMILES string of the molecule is OC1CCC(CNCc2ccc(C(F)F)cc2)CC1. The summed E-state index contributed by atoms with van der Waals surface area (Å²) in [5.74, 6) is 0.628. The highest BCUT2D eigenvalue weighted by atomic mass is 19.3. The van der Waals surface area contributed by atoms with Crippen molar-refractivity contribution >= 4 is 0 Å². The monoisotopic (exact) mass is 269 g/mol. The summed E-state index contributed by atoms with van der Waals surface area (Å²) in [4.78, 5) is 0. The highest BCUT2D eigenvalue weighted by Crippen LogP contribution is 2.23. The average Bonchev–Trinajstić information content (AvgIpc) is 2.41. The maximum Gasteiger partial charge on any atom is 0.263 e. The standard InChI is InChI=1S/C15H21F2NO/c16-15(17)13-5-1-11(2-6-13)9-18-10-12-3-7-14(19)8-4-12/h1-2,5-6,12,14-15,18-19H,3-4,7-10H2. The van der Waals surface area contributed by atoms with Gasteiger partial charge in [0.15, 0.2) is 0 Å². The lowest BCUT2D eigenvalue weighted by Gasteiger charge is -2.25. The number of alkyl halides is 2. The Morgan fingerprint density at radius 3 is 2.32 bits per heavy atom. The zero-order chi connectivity index (χ0) is 13.7. The second-order valence-corrected chi connectivity index (χ2v) is 5.35. The van der Waals surface area contributed by atoms with E-state index in [4.69, 9.17) is 0 Å². The number of nitrogens with one attached hydrogen (secondary N) is 1. The molecule has 0 aliphatic heterocycles. The Balaban J connectivity index is 1.70. The van der Waals surface area contributed by atoms with Crippen LogP contribution in [0.2, 0.25) is 0 Å². The van der Waals surface area contributed by atoms with Crippen LogP contribution >= 0.6 is 0 Å². The maximum absolute atomic E-state index is 12.4. The third-order valence-electron chi connectivity index (χ3n) is 3.81. The van der Waals surface area contributed by atoms with E-state index in [-0.39, 0.29) is 11.7 Å². The minimum Gasteiger partial charge on any atom is -0.393 e. The van der Waals surface area contributed by atoms with Gasteiger partial charge in [0.25, 0.3) is 6.43 Å². The molecule has 1 aromatic rings. The lowest BCUT2D eigenvalue weighted by atomic mass is 9.87. The molecule has 0 bridgehead atoms. The summed E-state index contributed by atoms with van der Waals surface area (Å²) in [6.45, 7) is 1.64. The summed E-state index contributed by atoms with van der Waals surface area (Å²) in [5, 5.41) is 12.8. The number of aliphatic hydroxyl groups excluding tert-OH is 1. The number of aliphatic hydroxyl groups is 1. The zero-order valence-electron chi connectivity index (χ0n) is 11.0. The summed E-state index contributed by atoms with van der Waals surface area (Å²) in [7, 11) is 0. The van der Waals surface area contributed by atoms with Gasteiger partial charge in [0.05, 0.1) is 6.10 Å². The Bertz CT molecular complexity index is 372. The number of rotatable bonds is 5. The Labute approximate surface area is 112 Å². The van der Waals surface area contributed by atoms with Gasteiger partial charge in [-0.1, -0.05) is 24.3 Å². The van der Waals surface area contributed by atoms with Crippen LogP contribution in [0.25, 0.3) is 0 Å². The molecular formula is C15H21F2NO. The smallest absolute Gasteiger partial charge is 0.263 e. The van der Waals surface area contributed by atoms with Crippen LogP contribution in [0.4, 0.5) is 8.78 Å². The number of hydrogen-bond acceptors (Lipinski definition) is 2. The Morgan fingerprint density at radius 1 is 1.11 bits per heavy atom. The molecule has 1 aromatic carbocycles. The molecule has 0 heterocycles. The first-order chi connectivity index (χ1) is 9.15. The van der Waals surface area contributed by atoms with Crippen molar-refractivity contribution in [2.24, 2.45) is 5.92 Å². The summed E-state index contributed by atoms with van der Waals surface area (Å²) in [5.41, 5.74) is 1.10. The van der Waals surface area contributed by atoms with E-state index in [9.17, 15) is 13.9 Å². The number of benzene rings is 1. The van der Waals surface area contributed by atoms with Crippen LogP contribution in [0.5, 0.6) is 0 Å². The van der Waals surface area contributed by atoms with E-state index < -0.39 is 6.43 Å². The Kier molecular flexibility index (Phi) is 5.28. The molecule has 0 atom stereocenters. The van der Waals surface area contributed by atoms with E-state index in [2.05, 4.69) is 5.32 Å². The van der Waals surface area contributed by atoms with Gasteiger partial charge in [-0.3, -0.25) is 0 Å². The lowest BCUT2D eigenvalue weighted by molar-refractivity contribution is 0.108. The Morgan fingerprint density at radius 2 is 1.74 bits per heavy atom. The topological polar surface area (TPSA) is 32.3 Å². The lowest BCUT2D eigenvalue weighted by Crippen LogP contribution is -2.27. The normalized spacial score (nSPS) is 23.8. The Hall–Kier alpha value is -1.00. The van der Waals surface area contributed by atoms with Crippen LogP contribution in [0, 0.1) is 5.92 Å². The summed E-state index contributed by atoms with van der Waals surface area (Å²) in [6, 6.07) is 6.47. The predicted octanol–water partition coefficient (Wildman–Crippen LogP) is 3.26. The number of halogens is 2. The fraction of sp³-hybridized carbons (Fsp3) is 0.600. The van der Waals surface area contributed by atoms with Gasteiger partial charge in [0.1, 0.15) is 0 Å². The molecule has 2 nitrogen and oxygen atoms in total. The molecule has 1 aliphatic carbocycles. The summed E-state index contributed by atoms with van der Waals surface area (Å²) in [6.07, 6.45) is 1.43. The van der Waals surface area contributed by atoms with Gasteiger partial charge in [-0.05, 0) is 43.7 Å². The first-order valence-corrected chi connectivity index (χ1v) is 6.91. The van der Waals surface area contributed by atoms with Crippen molar-refractivity contribution in [2.45, 2.75) is 44.8 Å². The minimum atomic E-state index is -2.39. The van der Waals surface area contributed by atoms with E-state index in [0.29, 0.717) is 12.5 Å². The second-order valence-electron chi connectivity index (χ2n) is 5.35. The quantitative estimate of drug-likeness (QED) is 0.860. The van der Waals surface area contributed by atoms with Gasteiger partial charge >= 0.3 is 0 Å². The molecular weight excluding hydrogens is 248 g/mol. The van der Waals surface area contributed by atoms with E-state index >= 15 is 0 Å². The molecule has 0 spiro atoms. The van der Waals surface area contributed by atoms with Gasteiger partial charge in [-0.25, -0.2) is 8.78 Å². The molecule has 2 N–H and O–H groups in total. The van der Waals surface area contributed by atoms with Gasteiger partial charge in [-0.15, -0.1) is 0 Å². The molecule has 1 saturated carbocycles. The zero-order valence-corrected chi connectivity index (χ0v) is 11.0. The van der Waals surface area contributed by atoms with Crippen molar-refractivity contribution in [1.82, 2.24) is 5.32 Å². The highest BCUT2D eigenvalue weighted by molar-refractivity contribution is 5.23. The molecule has 19 heavy (non-hydrogen) atoms. The molecule has 1 aliphatic rings. The minimum absolute atomic E-state index is 0.0741. The first kappa shape index (κ1) is 14.4. The molecule has 2 rings (SSSR count). The molecule has 0 saturated heterocycles. The van der Waals surface area contributed by atoms with Crippen LogP contribution in [-0.4, -0.2) is 17.8 Å². The molecule has 0 unspecified atom stereocenters. The highest BCUT2D eigenvalue weighted by Gasteiger charge is 2.18. The molecule has 0 amide bonds. The molecule has 0 radical (unpaired) electrons. The van der Waals surface area contributed by atoms with Gasteiger partial charge in [0, 0.05) is 12.1 Å². The largest absolute Gasteiger partial charge is 0.393 e. The number of hydrogen-bond donors (Lipinski definition) is 2. The van der Waals surface area contributed by atoms with E-state index in [1.54, 1.807) is 12.1 Å². The van der Waals surface area contributed by atoms with Gasteiger partial charge in [-0.2, -0.15) is 0 Å². The predicted molar refractivity (Wildman–Crippen MR) is 71.1 cm³/mol. The van der Waals surface area contributed by atoms with E-state index in [0.717, 1.165) is 37.8 Å². The fourth-order valence-electron chi connectivity index (χ4n) is 2.55. The summed E-state index contributed by atoms with van der Waals surface area (Å²) >= 11 is 0. The van der Waals surface area contributed by atoms with E-state index in [1.807, 2.05) is 0 Å². The average molecular weight is 269 g/mol. The van der Waals surface area contributed by atoms with Crippen molar-refractivity contribution in [3.63, 3.8) is 0 Å². The fourth-order valence-corrected chi connectivity index (χ4v) is 2.55. The van der Waals surface area contributed by atoms with Crippen molar-refractivity contribution in [3.8, 4) is 0 Å². The molecule has 0 aromatic heterocycles. The molecule has 4 heteroatoms. The summed E-state index contributed by atoms with van der Waals surface area (Å²) < 4.78 is 24.8. The molecule has 106 valence electrons. The van der Waals surface area contributed by atoms with Crippen molar-refractivity contribution in [2.75, 3.05) is 6.54 Å². The second kappa shape index (κ2) is 6.96.